The van der Waals surface area contributed by atoms with E-state index in [9.17, 15) is 0 Å². The van der Waals surface area contributed by atoms with Crippen LogP contribution in [-0.4, -0.2) is 11.8 Å². The molecule has 0 saturated carbocycles. The maximum absolute atomic E-state index is 9.05. The van der Waals surface area contributed by atoms with Crippen molar-refractivity contribution in [3.63, 3.8) is 0 Å². The molecule has 2 aromatic rings. The number of hydrogen-bond acceptors (Lipinski definition) is 8. The second-order valence-corrected chi connectivity index (χ2v) is 4.95. The van der Waals surface area contributed by atoms with Gasteiger partial charge in [0.1, 0.15) is 0 Å². The van der Waals surface area contributed by atoms with Gasteiger partial charge in [0.25, 0.3) is 0 Å². The first-order chi connectivity index (χ1) is 12.7. The number of nitrogens with one attached hydrogen (secondary N) is 1. The van der Waals surface area contributed by atoms with Gasteiger partial charge >= 0.3 is 0 Å². The molecule has 0 heterocycles. The van der Waals surface area contributed by atoms with Crippen molar-refractivity contribution >= 4 is 22.8 Å². The van der Waals surface area contributed by atoms with E-state index >= 15 is 0 Å². The molecule has 8 nitrogen and oxygen atoms in total. The van der Waals surface area contributed by atoms with Crippen LogP contribution in [0.25, 0.3) is 0 Å². The third-order valence-corrected chi connectivity index (χ3v) is 3.16. The van der Waals surface area contributed by atoms with Crippen molar-refractivity contribution in [3.05, 3.63) is 54.6 Å². The highest BCUT2D eigenvalue weighted by molar-refractivity contribution is 5.95. The van der Waals surface area contributed by atoms with Crippen LogP contribution in [0.1, 0.15) is 0 Å². The van der Waals surface area contributed by atoms with Crippen molar-refractivity contribution in [1.82, 2.24) is 0 Å². The van der Waals surface area contributed by atoms with Gasteiger partial charge in [0.15, 0.2) is 12.0 Å². The first-order valence-electron chi connectivity index (χ1n) is 7.43. The van der Waals surface area contributed by atoms with E-state index in [1.54, 1.807) is 42.5 Å². The average Bonchev–Trinajstić information content (AvgIpc) is 2.69. The van der Waals surface area contributed by atoms with E-state index in [2.05, 4.69) is 20.5 Å². The first kappa shape index (κ1) is 18.1. The van der Waals surface area contributed by atoms with Crippen LogP contribution in [0.2, 0.25) is 0 Å². The molecular formula is C18H12N8. The van der Waals surface area contributed by atoms with E-state index < -0.39 is 17.7 Å². The molecular weight excluding hydrogens is 328 g/mol. The van der Waals surface area contributed by atoms with Crippen LogP contribution >= 0.6 is 0 Å². The highest BCUT2D eigenvalue weighted by Gasteiger charge is 2.22. The lowest BCUT2D eigenvalue weighted by atomic mass is 10.0. The van der Waals surface area contributed by atoms with Gasteiger partial charge < -0.3 is 5.41 Å². The molecule has 8 heteroatoms. The van der Waals surface area contributed by atoms with Gasteiger partial charge in [-0.2, -0.15) is 36.2 Å². The van der Waals surface area contributed by atoms with E-state index in [-0.39, 0.29) is 0 Å². The second-order valence-electron chi connectivity index (χ2n) is 4.95. The van der Waals surface area contributed by atoms with Gasteiger partial charge in [-0.1, -0.05) is 18.2 Å². The third kappa shape index (κ3) is 4.89. The number of azo groups is 2. The monoisotopic (exact) mass is 340 g/mol. The summed E-state index contributed by atoms with van der Waals surface area (Å²) in [6.07, 6.45) is 0. The molecule has 0 fully saturated rings. The topological polar surface area (TPSA) is 145 Å². The fourth-order valence-electron chi connectivity index (χ4n) is 1.80. The minimum absolute atomic E-state index is 0.394. The number of benzene rings is 2. The van der Waals surface area contributed by atoms with Crippen LogP contribution in [0.5, 0.6) is 0 Å². The molecule has 0 saturated heterocycles. The molecule has 0 bridgehead atoms. The smallest absolute Gasteiger partial charge is 0.197 e. The van der Waals surface area contributed by atoms with E-state index in [1.807, 2.05) is 30.3 Å². The summed E-state index contributed by atoms with van der Waals surface area (Å²) >= 11 is 0. The van der Waals surface area contributed by atoms with Crippen LogP contribution < -0.4 is 0 Å². The van der Waals surface area contributed by atoms with Crippen LogP contribution in [0.15, 0.2) is 75.1 Å². The Hall–Kier alpha value is -4.22. The fourth-order valence-corrected chi connectivity index (χ4v) is 1.80. The maximum atomic E-state index is 9.05. The summed E-state index contributed by atoms with van der Waals surface area (Å²) in [5.41, 5.74) is 1.40. The van der Waals surface area contributed by atoms with Crippen molar-refractivity contribution in [2.24, 2.45) is 26.4 Å². The van der Waals surface area contributed by atoms with Crippen molar-refractivity contribution in [3.8, 4) is 18.2 Å². The van der Waals surface area contributed by atoms with Crippen LogP contribution in [0.4, 0.5) is 17.1 Å². The largest absolute Gasteiger partial charge is 0.304 e. The van der Waals surface area contributed by atoms with Gasteiger partial charge in [-0.25, -0.2) is 0 Å². The van der Waals surface area contributed by atoms with Crippen molar-refractivity contribution in [1.29, 1.82) is 21.2 Å². The third-order valence-electron chi connectivity index (χ3n) is 3.16. The molecule has 0 aromatic heterocycles. The Labute approximate surface area is 149 Å². The average molecular weight is 340 g/mol. The van der Waals surface area contributed by atoms with Crippen molar-refractivity contribution in [2.75, 3.05) is 0 Å². The maximum Gasteiger partial charge on any atom is 0.197 e. The van der Waals surface area contributed by atoms with Gasteiger partial charge in [-0.3, -0.25) is 0 Å². The van der Waals surface area contributed by atoms with Crippen LogP contribution in [-0.2, 0) is 0 Å². The zero-order valence-electron chi connectivity index (χ0n) is 13.5. The number of hydrogen-bond donors (Lipinski definition) is 1. The molecule has 26 heavy (non-hydrogen) atoms. The summed E-state index contributed by atoms with van der Waals surface area (Å²) in [7, 11) is 0. The fraction of sp³-hybridized carbons (Fsp3) is 0.111. The lowest BCUT2D eigenvalue weighted by Crippen LogP contribution is -2.22. The van der Waals surface area contributed by atoms with E-state index in [0.717, 1.165) is 5.69 Å². The first-order valence-corrected chi connectivity index (χ1v) is 7.43. The van der Waals surface area contributed by atoms with E-state index in [1.165, 1.54) is 0 Å². The van der Waals surface area contributed by atoms with E-state index in [0.29, 0.717) is 11.4 Å². The summed E-state index contributed by atoms with van der Waals surface area (Å²) in [5, 5.41) is 50.1. The second kappa shape index (κ2) is 9.17. The molecule has 1 atom stereocenters. The zero-order chi connectivity index (χ0) is 18.8. The molecule has 0 aliphatic rings. The summed E-state index contributed by atoms with van der Waals surface area (Å²) in [4.78, 5) is 0. The molecule has 0 amide bonds. The molecule has 2 aromatic carbocycles. The summed E-state index contributed by atoms with van der Waals surface area (Å²) in [6.45, 7) is 0. The molecule has 2 rings (SSSR count). The number of rotatable bonds is 6. The molecule has 0 aliphatic carbocycles. The summed E-state index contributed by atoms with van der Waals surface area (Å²) < 4.78 is 0. The van der Waals surface area contributed by atoms with Crippen LogP contribution in [0, 0.1) is 45.3 Å². The molecule has 0 aliphatic heterocycles. The molecule has 1 N–H and O–H groups in total. The van der Waals surface area contributed by atoms with Gasteiger partial charge in [0.2, 0.25) is 0 Å². The van der Waals surface area contributed by atoms with Gasteiger partial charge in [0, 0.05) is 0 Å². The SMILES string of the molecule is N#CC(C#N)C(=N)C(C#N)N=Nc1ccc(N=Nc2ccccc2)cc1. The van der Waals surface area contributed by atoms with Gasteiger partial charge in [-0.15, -0.1) is 0 Å². The normalized spacial score (nSPS) is 11.8. The lowest BCUT2D eigenvalue weighted by molar-refractivity contribution is 0.922. The lowest BCUT2D eigenvalue weighted by Gasteiger charge is -2.04. The van der Waals surface area contributed by atoms with Gasteiger partial charge in [-0.05, 0) is 36.4 Å². The summed E-state index contributed by atoms with van der Waals surface area (Å²) in [6, 6.07) is 19.7. The van der Waals surface area contributed by atoms with Gasteiger partial charge in [0.05, 0.1) is 41.0 Å². The Morgan fingerprint density at radius 3 is 1.73 bits per heavy atom. The van der Waals surface area contributed by atoms with Crippen LogP contribution in [0.3, 0.4) is 0 Å². The quantitative estimate of drug-likeness (QED) is 0.597. The number of nitrogens with zero attached hydrogens (tertiary/aromatic N) is 7. The highest BCUT2D eigenvalue weighted by Crippen LogP contribution is 2.22. The number of nitriles is 3. The minimum atomic E-state index is -1.32. The Morgan fingerprint density at radius 2 is 1.23 bits per heavy atom. The Balaban J connectivity index is 2.06. The Morgan fingerprint density at radius 1 is 0.731 bits per heavy atom. The molecule has 124 valence electrons. The minimum Gasteiger partial charge on any atom is -0.304 e. The molecule has 1 unspecified atom stereocenters. The summed E-state index contributed by atoms with van der Waals surface area (Å²) in [5.74, 6) is -1.32. The predicted molar refractivity (Wildman–Crippen MR) is 93.4 cm³/mol. The standard InChI is InChI=1S/C18H12N8/c19-10-13(11-20)18(22)17(12-21)26-25-16-8-6-15(7-9-16)24-23-14-4-2-1-3-5-14/h1-9,13,17,22H. The highest BCUT2D eigenvalue weighted by atomic mass is 15.1. The molecule has 0 radical (unpaired) electrons. The van der Waals surface area contributed by atoms with Crippen molar-refractivity contribution in [2.45, 2.75) is 6.04 Å². The van der Waals surface area contributed by atoms with Crippen molar-refractivity contribution < 1.29 is 0 Å². The Bertz CT molecular complexity index is 926. The zero-order valence-corrected chi connectivity index (χ0v) is 13.5. The molecule has 0 spiro atoms. The predicted octanol–water partition coefficient (Wildman–Crippen LogP) is 4.76. The Kier molecular flexibility index (Phi) is 6.39. The van der Waals surface area contributed by atoms with E-state index in [4.69, 9.17) is 21.2 Å².